The lowest BCUT2D eigenvalue weighted by Crippen LogP contribution is -2.25. The summed E-state index contributed by atoms with van der Waals surface area (Å²) in [6.45, 7) is 4.39. The Balaban J connectivity index is 2.85. The molecule has 0 fully saturated rings. The molecule has 6 heteroatoms. The Bertz CT molecular complexity index is 583. The van der Waals surface area contributed by atoms with Crippen LogP contribution in [-0.4, -0.2) is 35.4 Å². The van der Waals surface area contributed by atoms with Gasteiger partial charge in [-0.3, -0.25) is 4.89 Å². The van der Waals surface area contributed by atoms with Gasteiger partial charge in [0.2, 0.25) is 0 Å². The quantitative estimate of drug-likeness (QED) is 0.373. The summed E-state index contributed by atoms with van der Waals surface area (Å²) in [6.07, 6.45) is 4.41. The van der Waals surface area contributed by atoms with Crippen LogP contribution in [0.25, 0.3) is 0 Å². The number of hydrogen-bond donors (Lipinski definition) is 1. The summed E-state index contributed by atoms with van der Waals surface area (Å²) in [4.78, 5) is 33.4. The van der Waals surface area contributed by atoms with Crippen molar-refractivity contribution in [1.82, 2.24) is 0 Å². The molecule has 0 aliphatic heterocycles. The van der Waals surface area contributed by atoms with Crippen LogP contribution in [0.5, 0.6) is 0 Å². The molecule has 0 bridgehead atoms. The molecule has 0 heterocycles. The molecule has 1 N–H and O–H groups in total. The number of hydrogen-bond acceptors (Lipinski definition) is 6. The molecular formula is C16H18O6. The van der Waals surface area contributed by atoms with Gasteiger partial charge in [-0.15, -0.1) is 6.42 Å². The number of ether oxygens (including phenoxy) is 1. The number of benzene rings is 1. The zero-order valence-corrected chi connectivity index (χ0v) is 12.7. The fourth-order valence-electron chi connectivity index (χ4n) is 1.32. The van der Waals surface area contributed by atoms with Crippen LogP contribution < -0.4 is 0 Å². The lowest BCUT2D eigenvalue weighted by Gasteiger charge is -2.16. The summed E-state index contributed by atoms with van der Waals surface area (Å²) in [5.41, 5.74) is -1.10. The molecule has 1 atom stereocenters. The first kappa shape index (κ1) is 17.7. The summed E-state index contributed by atoms with van der Waals surface area (Å²) in [7, 11) is 0. The van der Waals surface area contributed by atoms with Gasteiger partial charge in [0, 0.05) is 0 Å². The minimum atomic E-state index is -1.09. The number of carbonyl (C=O) groups is 2. The summed E-state index contributed by atoms with van der Waals surface area (Å²) >= 11 is 0. The molecule has 22 heavy (non-hydrogen) atoms. The number of rotatable bonds is 6. The molecule has 0 amide bonds. The van der Waals surface area contributed by atoms with E-state index in [0.717, 1.165) is 0 Å². The van der Waals surface area contributed by atoms with E-state index < -0.39 is 23.6 Å². The summed E-state index contributed by atoms with van der Waals surface area (Å²) < 4.78 is 4.88. The van der Waals surface area contributed by atoms with E-state index in [1.807, 2.05) is 0 Å². The third-order valence-electron chi connectivity index (χ3n) is 2.50. The average molecular weight is 306 g/mol. The monoisotopic (exact) mass is 306 g/mol. The number of aliphatic hydroxyl groups excluding tert-OH is 1. The van der Waals surface area contributed by atoms with Gasteiger partial charge in [-0.05, 0) is 32.9 Å². The smallest absolute Gasteiger partial charge is 0.374 e. The zero-order chi connectivity index (χ0) is 16.8. The van der Waals surface area contributed by atoms with Crippen molar-refractivity contribution >= 4 is 11.9 Å². The third-order valence-corrected chi connectivity index (χ3v) is 2.50. The molecule has 6 nitrogen and oxygen atoms in total. The highest BCUT2D eigenvalue weighted by Crippen LogP contribution is 2.15. The van der Waals surface area contributed by atoms with Gasteiger partial charge in [-0.25, -0.2) is 9.59 Å². The minimum Gasteiger partial charge on any atom is -0.459 e. The van der Waals surface area contributed by atoms with Crippen molar-refractivity contribution in [3.63, 3.8) is 0 Å². The second-order valence-electron chi connectivity index (χ2n) is 5.10. The summed E-state index contributed by atoms with van der Waals surface area (Å²) in [5.74, 6) is 0.686. The van der Waals surface area contributed by atoms with Gasteiger partial charge in [0.05, 0.1) is 17.2 Å². The fourth-order valence-corrected chi connectivity index (χ4v) is 1.32. The Labute approximate surface area is 128 Å². The second-order valence-corrected chi connectivity index (χ2v) is 5.10. The van der Waals surface area contributed by atoms with E-state index in [2.05, 4.69) is 10.8 Å². The van der Waals surface area contributed by atoms with Gasteiger partial charge in [0.15, 0.2) is 5.60 Å². The molecule has 0 radical (unpaired) electrons. The van der Waals surface area contributed by atoms with E-state index >= 15 is 0 Å². The predicted molar refractivity (Wildman–Crippen MR) is 77.8 cm³/mol. The topological polar surface area (TPSA) is 82.1 Å². The number of carbonyl (C=O) groups excluding carboxylic acids is 2. The second kappa shape index (κ2) is 7.59. The van der Waals surface area contributed by atoms with E-state index in [1.54, 1.807) is 26.0 Å². The van der Waals surface area contributed by atoms with Gasteiger partial charge in [-0.2, -0.15) is 4.89 Å². The van der Waals surface area contributed by atoms with E-state index in [1.165, 1.54) is 19.1 Å². The SMILES string of the molecule is C#CC(C)(C)OOC(=O)c1ccccc1C(=O)OCC(C)O. The van der Waals surface area contributed by atoms with Crippen molar-refractivity contribution in [2.24, 2.45) is 0 Å². The molecule has 0 aliphatic rings. The van der Waals surface area contributed by atoms with Crippen molar-refractivity contribution < 1.29 is 29.2 Å². The van der Waals surface area contributed by atoms with Crippen LogP contribution >= 0.6 is 0 Å². The van der Waals surface area contributed by atoms with Gasteiger partial charge in [-0.1, -0.05) is 18.1 Å². The van der Waals surface area contributed by atoms with Gasteiger partial charge >= 0.3 is 11.9 Å². The molecular weight excluding hydrogens is 288 g/mol. The first-order valence-corrected chi connectivity index (χ1v) is 6.59. The Morgan fingerprint density at radius 1 is 1.27 bits per heavy atom. The molecule has 118 valence electrons. The van der Waals surface area contributed by atoms with E-state index in [4.69, 9.17) is 21.2 Å². The number of terminal acetylenes is 1. The summed E-state index contributed by atoms with van der Waals surface area (Å²) in [5, 5.41) is 9.12. The molecule has 0 spiro atoms. The van der Waals surface area contributed by atoms with Crippen LogP contribution in [-0.2, 0) is 14.5 Å². The maximum absolute atomic E-state index is 12.0. The molecule has 1 aromatic rings. The van der Waals surface area contributed by atoms with Crippen molar-refractivity contribution in [1.29, 1.82) is 0 Å². The molecule has 0 saturated heterocycles. The standard InChI is InChI=1S/C16H18O6/c1-5-16(3,4)22-21-15(19)13-9-7-6-8-12(13)14(18)20-10-11(2)17/h1,6-9,11,17H,10H2,2-4H3. The average Bonchev–Trinajstić information content (AvgIpc) is 2.50. The first-order chi connectivity index (χ1) is 10.3. The Kier molecular flexibility index (Phi) is 6.11. The maximum atomic E-state index is 12.0. The first-order valence-electron chi connectivity index (χ1n) is 6.59. The van der Waals surface area contributed by atoms with Crippen molar-refractivity contribution in [3.05, 3.63) is 35.4 Å². The minimum absolute atomic E-state index is 0.00950. The van der Waals surface area contributed by atoms with Crippen LogP contribution in [0.2, 0.25) is 0 Å². The van der Waals surface area contributed by atoms with Crippen LogP contribution in [0.4, 0.5) is 0 Å². The third kappa shape index (κ3) is 5.20. The van der Waals surface area contributed by atoms with Gasteiger partial charge in [0.25, 0.3) is 0 Å². The Morgan fingerprint density at radius 2 is 1.82 bits per heavy atom. The molecule has 0 saturated carbocycles. The molecule has 0 aromatic heterocycles. The van der Waals surface area contributed by atoms with E-state index in [0.29, 0.717) is 0 Å². The normalized spacial score (nSPS) is 12.1. The molecule has 0 aliphatic carbocycles. The van der Waals surface area contributed by atoms with E-state index in [9.17, 15) is 9.59 Å². The van der Waals surface area contributed by atoms with Crippen molar-refractivity contribution in [2.45, 2.75) is 32.5 Å². The maximum Gasteiger partial charge on any atom is 0.374 e. The lowest BCUT2D eigenvalue weighted by atomic mass is 10.1. The highest BCUT2D eigenvalue weighted by Gasteiger charge is 2.23. The fraction of sp³-hybridized carbons (Fsp3) is 0.375. The van der Waals surface area contributed by atoms with Crippen molar-refractivity contribution in [2.75, 3.05) is 6.61 Å². The number of esters is 1. The molecule has 1 aromatic carbocycles. The highest BCUT2D eigenvalue weighted by molar-refractivity contribution is 6.02. The Hall–Kier alpha value is -2.36. The zero-order valence-electron chi connectivity index (χ0n) is 12.7. The summed E-state index contributed by atoms with van der Waals surface area (Å²) in [6, 6.07) is 5.94. The Morgan fingerprint density at radius 3 is 2.32 bits per heavy atom. The van der Waals surface area contributed by atoms with Crippen LogP contribution in [0, 0.1) is 12.3 Å². The van der Waals surface area contributed by atoms with E-state index in [-0.39, 0.29) is 17.7 Å². The van der Waals surface area contributed by atoms with Gasteiger partial charge < -0.3 is 9.84 Å². The van der Waals surface area contributed by atoms with Gasteiger partial charge in [0.1, 0.15) is 6.61 Å². The predicted octanol–water partition coefficient (Wildman–Crippen LogP) is 1.72. The molecule has 1 rings (SSSR count). The largest absolute Gasteiger partial charge is 0.459 e. The highest BCUT2D eigenvalue weighted by atomic mass is 17.2. The lowest BCUT2D eigenvalue weighted by molar-refractivity contribution is -0.288. The van der Waals surface area contributed by atoms with Crippen molar-refractivity contribution in [3.8, 4) is 12.3 Å². The number of aliphatic hydroxyl groups is 1. The van der Waals surface area contributed by atoms with Crippen LogP contribution in [0.15, 0.2) is 24.3 Å². The van der Waals surface area contributed by atoms with Crippen LogP contribution in [0.3, 0.4) is 0 Å². The molecule has 1 unspecified atom stereocenters. The van der Waals surface area contributed by atoms with Crippen LogP contribution in [0.1, 0.15) is 41.5 Å².